The smallest absolute Gasteiger partial charge is 0.289 e. The van der Waals surface area contributed by atoms with E-state index in [-0.39, 0.29) is 29.7 Å². The van der Waals surface area contributed by atoms with Crippen LogP contribution in [0.5, 0.6) is 0 Å². The van der Waals surface area contributed by atoms with Crippen LogP contribution in [0.4, 0.5) is 0 Å². The molecule has 0 atom stereocenters. The molecule has 130 valence electrons. The van der Waals surface area contributed by atoms with Crippen molar-refractivity contribution in [2.45, 2.75) is 76.3 Å². The molecule has 0 unspecified atom stereocenters. The first-order valence-corrected chi connectivity index (χ1v) is 9.16. The number of nitrogens with one attached hydrogen (secondary N) is 2. The fraction of sp³-hybridized carbons (Fsp3) is 0.667. The monoisotopic (exact) mass is 330 g/mol. The Labute approximate surface area is 142 Å². The van der Waals surface area contributed by atoms with Crippen molar-refractivity contribution in [3.8, 4) is 0 Å². The number of carbonyl (C=O) groups excluding carboxylic acids is 2. The van der Waals surface area contributed by atoms with Crippen LogP contribution in [0, 0.1) is 0 Å². The molecule has 0 saturated heterocycles. The van der Waals surface area contributed by atoms with E-state index in [1.54, 1.807) is 0 Å². The summed E-state index contributed by atoms with van der Waals surface area (Å²) in [5, 5.41) is 6.02. The third kappa shape index (κ3) is 4.52. The average Bonchev–Trinajstić information content (AvgIpc) is 2.63. The van der Waals surface area contributed by atoms with Crippen LogP contribution in [0.25, 0.3) is 0 Å². The van der Waals surface area contributed by atoms with E-state index in [1.807, 2.05) is 0 Å². The molecule has 0 bridgehead atoms. The number of nitrogens with zero attached hydrogens (tertiary/aromatic N) is 2. The lowest BCUT2D eigenvalue weighted by molar-refractivity contribution is 0.0906. The van der Waals surface area contributed by atoms with Crippen LogP contribution in [-0.4, -0.2) is 33.9 Å². The summed E-state index contributed by atoms with van der Waals surface area (Å²) >= 11 is 0. The van der Waals surface area contributed by atoms with Crippen molar-refractivity contribution in [3.05, 3.63) is 23.8 Å². The zero-order valence-corrected chi connectivity index (χ0v) is 14.1. The van der Waals surface area contributed by atoms with E-state index >= 15 is 0 Å². The van der Waals surface area contributed by atoms with Crippen LogP contribution in [0.3, 0.4) is 0 Å². The van der Waals surface area contributed by atoms with Gasteiger partial charge in [0, 0.05) is 24.5 Å². The number of rotatable bonds is 4. The van der Waals surface area contributed by atoms with E-state index < -0.39 is 0 Å². The van der Waals surface area contributed by atoms with Gasteiger partial charge < -0.3 is 10.6 Å². The van der Waals surface area contributed by atoms with E-state index in [4.69, 9.17) is 0 Å². The maximum atomic E-state index is 12.2. The molecule has 0 radical (unpaired) electrons. The van der Waals surface area contributed by atoms with Gasteiger partial charge in [0.15, 0.2) is 0 Å². The minimum Gasteiger partial charge on any atom is -0.349 e. The number of hydrogen-bond acceptors (Lipinski definition) is 4. The Bertz CT molecular complexity index is 510. The third-order valence-corrected chi connectivity index (χ3v) is 5.00. The van der Waals surface area contributed by atoms with Gasteiger partial charge in [0.1, 0.15) is 0 Å². The lowest BCUT2D eigenvalue weighted by Crippen LogP contribution is -2.37. The van der Waals surface area contributed by atoms with Crippen LogP contribution in [-0.2, 0) is 0 Å². The largest absolute Gasteiger partial charge is 0.349 e. The molecular formula is C18H26N4O2. The lowest BCUT2D eigenvalue weighted by atomic mass is 9.95. The quantitative estimate of drug-likeness (QED) is 0.889. The molecular weight excluding hydrogens is 304 g/mol. The van der Waals surface area contributed by atoms with Crippen molar-refractivity contribution in [3.63, 3.8) is 0 Å². The van der Waals surface area contributed by atoms with Gasteiger partial charge in [-0.3, -0.25) is 9.59 Å². The molecule has 6 nitrogen and oxygen atoms in total. The summed E-state index contributed by atoms with van der Waals surface area (Å²) in [4.78, 5) is 32.5. The van der Waals surface area contributed by atoms with Gasteiger partial charge in [-0.2, -0.15) is 0 Å². The molecule has 2 aliphatic carbocycles. The molecule has 1 heterocycles. The number of aromatic nitrogens is 2. The Balaban J connectivity index is 1.53. The van der Waals surface area contributed by atoms with Crippen LogP contribution >= 0.6 is 0 Å². The molecule has 2 amide bonds. The van der Waals surface area contributed by atoms with Crippen molar-refractivity contribution in [2.24, 2.45) is 0 Å². The second kappa shape index (κ2) is 8.22. The molecule has 2 aliphatic rings. The van der Waals surface area contributed by atoms with Crippen LogP contribution in [0.1, 0.15) is 85.2 Å². The Morgan fingerprint density at radius 1 is 0.750 bits per heavy atom. The fourth-order valence-corrected chi connectivity index (χ4v) is 3.58. The standard InChI is InChI=1S/C18H26N4O2/c23-17(21-14-7-3-1-4-8-14)13-11-19-16(20-12-13)18(24)22-15-9-5-2-6-10-15/h11-12,14-15H,1-10H2,(H,21,23)(H,22,24). The van der Waals surface area contributed by atoms with Gasteiger partial charge >= 0.3 is 0 Å². The predicted octanol–water partition coefficient (Wildman–Crippen LogP) is 2.60. The molecule has 0 aromatic carbocycles. The first-order valence-electron chi connectivity index (χ1n) is 9.16. The van der Waals surface area contributed by atoms with Gasteiger partial charge in [0.2, 0.25) is 5.82 Å². The predicted molar refractivity (Wildman–Crippen MR) is 90.7 cm³/mol. The first kappa shape index (κ1) is 16.9. The molecule has 24 heavy (non-hydrogen) atoms. The molecule has 1 aromatic rings. The number of carbonyl (C=O) groups is 2. The van der Waals surface area contributed by atoms with Gasteiger partial charge in [0.25, 0.3) is 11.8 Å². The molecule has 0 aliphatic heterocycles. The van der Waals surface area contributed by atoms with Crippen LogP contribution < -0.4 is 10.6 Å². The van der Waals surface area contributed by atoms with Gasteiger partial charge in [-0.25, -0.2) is 9.97 Å². The Hall–Kier alpha value is -1.98. The van der Waals surface area contributed by atoms with Crippen molar-refractivity contribution >= 4 is 11.8 Å². The minimum absolute atomic E-state index is 0.134. The minimum atomic E-state index is -0.249. The summed E-state index contributed by atoms with van der Waals surface area (Å²) in [7, 11) is 0. The maximum Gasteiger partial charge on any atom is 0.289 e. The van der Waals surface area contributed by atoms with Crippen molar-refractivity contribution < 1.29 is 9.59 Å². The Morgan fingerprint density at radius 2 is 1.21 bits per heavy atom. The van der Waals surface area contributed by atoms with E-state index in [0.29, 0.717) is 5.56 Å². The van der Waals surface area contributed by atoms with Gasteiger partial charge in [0.05, 0.1) is 5.56 Å². The number of hydrogen-bond donors (Lipinski definition) is 2. The van der Waals surface area contributed by atoms with E-state index in [1.165, 1.54) is 38.1 Å². The molecule has 2 fully saturated rings. The van der Waals surface area contributed by atoms with E-state index in [2.05, 4.69) is 20.6 Å². The van der Waals surface area contributed by atoms with Gasteiger partial charge in [-0.15, -0.1) is 0 Å². The summed E-state index contributed by atoms with van der Waals surface area (Å²) in [5.41, 5.74) is 0.412. The van der Waals surface area contributed by atoms with E-state index in [9.17, 15) is 9.59 Å². The van der Waals surface area contributed by atoms with E-state index in [0.717, 1.165) is 38.5 Å². The SMILES string of the molecule is O=C(NC1CCCCC1)c1cnc(C(=O)NC2CCCCC2)nc1. The highest BCUT2D eigenvalue weighted by molar-refractivity contribution is 5.95. The molecule has 2 N–H and O–H groups in total. The highest BCUT2D eigenvalue weighted by atomic mass is 16.2. The molecule has 2 saturated carbocycles. The van der Waals surface area contributed by atoms with Crippen molar-refractivity contribution in [2.75, 3.05) is 0 Å². The highest BCUT2D eigenvalue weighted by Gasteiger charge is 2.20. The van der Waals surface area contributed by atoms with Crippen LogP contribution in [0.2, 0.25) is 0 Å². The second-order valence-electron chi connectivity index (χ2n) is 6.91. The molecule has 0 spiro atoms. The summed E-state index contributed by atoms with van der Waals surface area (Å²) in [6.07, 6.45) is 14.2. The average molecular weight is 330 g/mol. The Morgan fingerprint density at radius 3 is 1.71 bits per heavy atom. The highest BCUT2D eigenvalue weighted by Crippen LogP contribution is 2.18. The topological polar surface area (TPSA) is 84.0 Å². The second-order valence-corrected chi connectivity index (χ2v) is 6.91. The van der Waals surface area contributed by atoms with Crippen LogP contribution in [0.15, 0.2) is 12.4 Å². The zero-order chi connectivity index (χ0) is 16.8. The fourth-order valence-electron chi connectivity index (χ4n) is 3.58. The normalized spacial score (nSPS) is 19.7. The van der Waals surface area contributed by atoms with Crippen molar-refractivity contribution in [1.29, 1.82) is 0 Å². The summed E-state index contributed by atoms with van der Waals surface area (Å²) in [6, 6.07) is 0.477. The lowest BCUT2D eigenvalue weighted by Gasteiger charge is -2.23. The summed E-state index contributed by atoms with van der Waals surface area (Å²) in [5.74, 6) is -0.267. The van der Waals surface area contributed by atoms with Gasteiger partial charge in [-0.1, -0.05) is 38.5 Å². The summed E-state index contributed by atoms with van der Waals surface area (Å²) in [6.45, 7) is 0. The summed E-state index contributed by atoms with van der Waals surface area (Å²) < 4.78 is 0. The van der Waals surface area contributed by atoms with Crippen molar-refractivity contribution in [1.82, 2.24) is 20.6 Å². The molecule has 1 aromatic heterocycles. The first-order chi connectivity index (χ1) is 11.7. The third-order valence-electron chi connectivity index (χ3n) is 5.00. The number of amides is 2. The maximum absolute atomic E-state index is 12.2. The van der Waals surface area contributed by atoms with Gasteiger partial charge in [-0.05, 0) is 25.7 Å². The zero-order valence-electron chi connectivity index (χ0n) is 14.1. The molecule has 6 heteroatoms. The molecule has 3 rings (SSSR count). The Kier molecular flexibility index (Phi) is 5.77.